The van der Waals surface area contributed by atoms with Crippen molar-refractivity contribution in [3.8, 4) is 0 Å². The van der Waals surface area contributed by atoms with Crippen LogP contribution in [0.25, 0.3) is 5.57 Å². The second-order valence-electron chi connectivity index (χ2n) is 5.78. The molecule has 3 heterocycles. The average molecular weight is 391 g/mol. The molecule has 7 nitrogen and oxygen atoms in total. The topological polar surface area (TPSA) is 77.6 Å². The van der Waals surface area contributed by atoms with E-state index in [1.54, 1.807) is 18.4 Å². The summed E-state index contributed by atoms with van der Waals surface area (Å²) in [5, 5.41) is 16.1. The molecular weight excluding hydrogens is 375 g/mol. The number of guanidine groups is 1. The van der Waals surface area contributed by atoms with Gasteiger partial charge in [0, 0.05) is 46.7 Å². The summed E-state index contributed by atoms with van der Waals surface area (Å²) in [7, 11) is 1.61. The lowest BCUT2D eigenvalue weighted by Crippen LogP contribution is -2.51. The summed E-state index contributed by atoms with van der Waals surface area (Å²) >= 11 is 12.7. The van der Waals surface area contributed by atoms with E-state index in [0.717, 1.165) is 16.7 Å². The summed E-state index contributed by atoms with van der Waals surface area (Å²) in [5.74, 6) is 1.26. The molecule has 4 rings (SSSR count). The van der Waals surface area contributed by atoms with E-state index in [1.165, 1.54) is 0 Å². The van der Waals surface area contributed by atoms with Crippen LogP contribution in [-0.2, 0) is 4.84 Å². The van der Waals surface area contributed by atoms with Crippen LogP contribution in [0.4, 0.5) is 5.82 Å². The van der Waals surface area contributed by atoms with Gasteiger partial charge in [-0.2, -0.15) is 5.10 Å². The fraction of sp³-hybridized carbons (Fsp3) is 0.176. The molecule has 0 spiro atoms. The van der Waals surface area contributed by atoms with Gasteiger partial charge in [0.25, 0.3) is 0 Å². The van der Waals surface area contributed by atoms with Crippen molar-refractivity contribution < 1.29 is 4.84 Å². The zero-order valence-electron chi connectivity index (χ0n) is 13.8. The molecule has 0 saturated heterocycles. The van der Waals surface area contributed by atoms with Gasteiger partial charge < -0.3 is 10.6 Å². The Morgan fingerprint density at radius 2 is 2.08 bits per heavy atom. The Balaban J connectivity index is 1.64. The third-order valence-electron chi connectivity index (χ3n) is 4.16. The highest BCUT2D eigenvalue weighted by molar-refractivity contribution is 6.37. The molecule has 1 unspecified atom stereocenters. The zero-order chi connectivity index (χ0) is 18.1. The molecular formula is C17H16Cl2N6O. The molecule has 0 fully saturated rings. The summed E-state index contributed by atoms with van der Waals surface area (Å²) in [6, 6.07) is 7.29. The van der Waals surface area contributed by atoms with Crippen molar-refractivity contribution in [1.29, 1.82) is 0 Å². The number of hydrogen-bond donors (Lipinski definition) is 3. The molecule has 0 aliphatic carbocycles. The molecule has 9 heteroatoms. The lowest BCUT2D eigenvalue weighted by Gasteiger charge is -2.38. The van der Waals surface area contributed by atoms with E-state index in [2.05, 4.69) is 25.8 Å². The minimum Gasteiger partial charge on any atom is -0.330 e. The van der Waals surface area contributed by atoms with Crippen LogP contribution in [-0.4, -0.2) is 34.5 Å². The number of fused-ring (bicyclic) bond motifs is 1. The summed E-state index contributed by atoms with van der Waals surface area (Å²) in [4.78, 5) is 9.97. The molecule has 0 radical (unpaired) electrons. The summed E-state index contributed by atoms with van der Waals surface area (Å²) < 4.78 is 0. The number of nitrogens with one attached hydrogen (secondary N) is 3. The molecule has 2 aliphatic rings. The first-order chi connectivity index (χ1) is 12.7. The molecule has 2 aromatic rings. The average Bonchev–Trinajstić information content (AvgIpc) is 3.14. The predicted octanol–water partition coefficient (Wildman–Crippen LogP) is 3.61. The summed E-state index contributed by atoms with van der Waals surface area (Å²) in [5.41, 5.74) is 2.81. The van der Waals surface area contributed by atoms with Crippen molar-refractivity contribution >= 4 is 40.6 Å². The van der Waals surface area contributed by atoms with Gasteiger partial charge in [-0.15, -0.1) is 0 Å². The van der Waals surface area contributed by atoms with Crippen molar-refractivity contribution in [3.63, 3.8) is 0 Å². The maximum absolute atomic E-state index is 6.36. The van der Waals surface area contributed by atoms with Gasteiger partial charge >= 0.3 is 0 Å². The zero-order valence-corrected chi connectivity index (χ0v) is 15.3. The second-order valence-corrected chi connectivity index (χ2v) is 6.60. The monoisotopic (exact) mass is 390 g/mol. The number of H-pyrrole nitrogens is 1. The Morgan fingerprint density at radius 3 is 2.77 bits per heavy atom. The second kappa shape index (κ2) is 7.03. The molecule has 1 aromatic heterocycles. The molecule has 2 aliphatic heterocycles. The number of halogens is 2. The number of benzene rings is 1. The van der Waals surface area contributed by atoms with E-state index >= 15 is 0 Å². The third kappa shape index (κ3) is 3.16. The Labute approximate surface area is 160 Å². The lowest BCUT2D eigenvalue weighted by atomic mass is 9.94. The van der Waals surface area contributed by atoms with Crippen LogP contribution in [0.2, 0.25) is 10.0 Å². The van der Waals surface area contributed by atoms with Gasteiger partial charge in [-0.25, -0.2) is 10.1 Å². The minimum atomic E-state index is -0.191. The molecule has 0 bridgehead atoms. The summed E-state index contributed by atoms with van der Waals surface area (Å²) in [6.45, 7) is 0. The lowest BCUT2D eigenvalue weighted by molar-refractivity contribution is -0.116. The van der Waals surface area contributed by atoms with Crippen molar-refractivity contribution in [1.82, 2.24) is 20.6 Å². The Bertz CT molecular complexity index is 886. The number of aromatic amines is 1. The fourth-order valence-corrected chi connectivity index (χ4v) is 3.62. The molecule has 1 aromatic carbocycles. The molecule has 0 saturated carbocycles. The maximum Gasteiger partial charge on any atom is 0.203 e. The van der Waals surface area contributed by atoms with Crippen molar-refractivity contribution in [2.24, 2.45) is 4.99 Å². The van der Waals surface area contributed by atoms with Crippen LogP contribution in [0.5, 0.6) is 0 Å². The van der Waals surface area contributed by atoms with Gasteiger partial charge in [0.1, 0.15) is 0 Å². The number of nitrogens with zero attached hydrogens (tertiary/aromatic N) is 3. The van der Waals surface area contributed by atoms with E-state index in [4.69, 9.17) is 28.0 Å². The van der Waals surface area contributed by atoms with E-state index in [-0.39, 0.29) is 6.17 Å². The van der Waals surface area contributed by atoms with Gasteiger partial charge in [-0.1, -0.05) is 29.3 Å². The molecule has 3 N–H and O–H groups in total. The largest absolute Gasteiger partial charge is 0.330 e. The van der Waals surface area contributed by atoms with Gasteiger partial charge in [-0.3, -0.25) is 9.94 Å². The number of allylic oxidation sites excluding steroid dienone is 1. The van der Waals surface area contributed by atoms with E-state index in [0.29, 0.717) is 28.2 Å². The molecule has 1 atom stereocenters. The molecule has 26 heavy (non-hydrogen) atoms. The fourth-order valence-electron chi connectivity index (χ4n) is 2.98. The number of aliphatic imine (C=N–C) groups is 1. The Kier molecular flexibility index (Phi) is 4.58. The standard InChI is InChI=1S/C17H16Cl2N6O/c1-26-25-9-11(15-12(18)3-2-4-13(15)19)7-10-8-20-17(23-16(10)25)22-14-5-6-21-24-14/h2-6,8-9,16H,7H2,1H3,(H3,20,21,22,23,24). The van der Waals surface area contributed by atoms with Gasteiger partial charge in [0.05, 0.1) is 7.11 Å². The minimum absolute atomic E-state index is 0.191. The van der Waals surface area contributed by atoms with E-state index in [1.807, 2.05) is 36.7 Å². The molecule has 134 valence electrons. The predicted molar refractivity (Wildman–Crippen MR) is 103 cm³/mol. The number of hydroxylamine groups is 2. The Hall–Kier alpha value is -2.48. The Morgan fingerprint density at radius 1 is 1.27 bits per heavy atom. The van der Waals surface area contributed by atoms with Crippen molar-refractivity contribution in [2.75, 3.05) is 12.4 Å². The van der Waals surface area contributed by atoms with E-state index < -0.39 is 0 Å². The first kappa shape index (κ1) is 17.0. The smallest absolute Gasteiger partial charge is 0.203 e. The van der Waals surface area contributed by atoms with Crippen LogP contribution in [0.1, 0.15) is 12.0 Å². The number of aromatic nitrogens is 2. The first-order valence-electron chi connectivity index (χ1n) is 7.93. The van der Waals surface area contributed by atoms with E-state index in [9.17, 15) is 0 Å². The molecule has 0 amide bonds. The van der Waals surface area contributed by atoms with Crippen LogP contribution in [0, 0.1) is 0 Å². The number of hydrogen-bond acceptors (Lipinski definition) is 6. The summed E-state index contributed by atoms with van der Waals surface area (Å²) in [6.07, 6.45) is 5.92. The third-order valence-corrected chi connectivity index (χ3v) is 4.79. The van der Waals surface area contributed by atoms with Crippen LogP contribution in [0.15, 0.2) is 53.4 Å². The van der Waals surface area contributed by atoms with Crippen molar-refractivity contribution in [3.05, 3.63) is 64.0 Å². The van der Waals surface area contributed by atoms with Gasteiger partial charge in [0.2, 0.25) is 5.96 Å². The van der Waals surface area contributed by atoms with Gasteiger partial charge in [-0.05, 0) is 23.3 Å². The highest BCUT2D eigenvalue weighted by Crippen LogP contribution is 2.38. The SMILES string of the molecule is CON1C=C(c2c(Cl)cccc2Cl)CC2=CN=C(Nc3cc[nH]n3)NC21. The first-order valence-corrected chi connectivity index (χ1v) is 8.69. The highest BCUT2D eigenvalue weighted by Gasteiger charge is 2.31. The quantitative estimate of drug-likeness (QED) is 0.745. The van der Waals surface area contributed by atoms with Crippen LogP contribution in [0.3, 0.4) is 0 Å². The normalized spacial score (nSPS) is 19.1. The van der Waals surface area contributed by atoms with Gasteiger partial charge in [0.15, 0.2) is 12.0 Å². The maximum atomic E-state index is 6.36. The van der Waals surface area contributed by atoms with Crippen LogP contribution >= 0.6 is 23.2 Å². The highest BCUT2D eigenvalue weighted by atomic mass is 35.5. The van der Waals surface area contributed by atoms with Crippen LogP contribution < -0.4 is 10.6 Å². The number of anilines is 1. The number of rotatable bonds is 3. The van der Waals surface area contributed by atoms with Crippen molar-refractivity contribution in [2.45, 2.75) is 12.6 Å².